The summed E-state index contributed by atoms with van der Waals surface area (Å²) in [4.78, 5) is 44.6. The number of fused-ring (bicyclic) bond motifs is 2. The van der Waals surface area contributed by atoms with Crippen molar-refractivity contribution >= 4 is 39.0 Å². The number of nitrogens with zero attached hydrogens (tertiary/aromatic N) is 3. The maximum atomic E-state index is 13.6. The largest absolute Gasteiger partial charge is 0.450 e. The summed E-state index contributed by atoms with van der Waals surface area (Å²) in [5.74, 6) is -0.489. The number of carbonyl (C=O) groups excluding carboxylic acids is 1. The van der Waals surface area contributed by atoms with Crippen LogP contribution in [0.4, 0.5) is 10.8 Å². The summed E-state index contributed by atoms with van der Waals surface area (Å²) in [6, 6.07) is 10.3. The summed E-state index contributed by atoms with van der Waals surface area (Å²) in [6.45, 7) is 5.63. The molecule has 9 heteroatoms. The standard InChI is InChI=1S/C23H17N3O5S/c1-11-4-9-17-16(10-11)20(27)18-19(14-5-7-15(8-6-14)26(29)30)25(22(28)21(18)31-17)23-24-12(2)13(3)32-23/h4-10,19H,1-3H3. The Kier molecular flexibility index (Phi) is 4.45. The zero-order valence-electron chi connectivity index (χ0n) is 17.4. The average Bonchev–Trinajstić information content (AvgIpc) is 3.25. The van der Waals surface area contributed by atoms with Crippen LogP contribution in [0.15, 0.2) is 51.7 Å². The summed E-state index contributed by atoms with van der Waals surface area (Å²) in [7, 11) is 0. The van der Waals surface area contributed by atoms with Gasteiger partial charge < -0.3 is 4.42 Å². The summed E-state index contributed by atoms with van der Waals surface area (Å²) in [5, 5.41) is 11.9. The third kappa shape index (κ3) is 2.93. The highest BCUT2D eigenvalue weighted by atomic mass is 32.1. The van der Waals surface area contributed by atoms with Gasteiger partial charge in [0.05, 0.1) is 27.6 Å². The monoisotopic (exact) mass is 447 g/mol. The fourth-order valence-corrected chi connectivity index (χ4v) is 4.87. The minimum Gasteiger partial charge on any atom is -0.450 e. The lowest BCUT2D eigenvalue weighted by atomic mass is 9.98. The Labute approximate surface area is 185 Å². The first kappa shape index (κ1) is 20.1. The number of nitro benzene ring substituents is 1. The number of non-ortho nitro benzene ring substituents is 1. The first-order chi connectivity index (χ1) is 15.3. The van der Waals surface area contributed by atoms with Gasteiger partial charge in [-0.2, -0.15) is 0 Å². The van der Waals surface area contributed by atoms with Crippen LogP contribution in [-0.4, -0.2) is 15.8 Å². The van der Waals surface area contributed by atoms with E-state index >= 15 is 0 Å². The van der Waals surface area contributed by atoms with Crippen molar-refractivity contribution in [3.8, 4) is 0 Å². The van der Waals surface area contributed by atoms with E-state index in [1.165, 1.54) is 28.4 Å². The fraction of sp³-hybridized carbons (Fsp3) is 0.174. The molecule has 1 aliphatic heterocycles. The molecule has 160 valence electrons. The molecule has 0 N–H and O–H groups in total. The second-order valence-electron chi connectivity index (χ2n) is 7.74. The molecule has 8 nitrogen and oxygen atoms in total. The summed E-state index contributed by atoms with van der Waals surface area (Å²) >= 11 is 1.35. The molecule has 0 aliphatic carbocycles. The second-order valence-corrected chi connectivity index (χ2v) is 8.92. The van der Waals surface area contributed by atoms with Crippen LogP contribution in [0.1, 0.15) is 43.9 Å². The number of rotatable bonds is 3. The molecule has 4 aromatic rings. The number of carbonyl (C=O) groups is 1. The van der Waals surface area contributed by atoms with Crippen LogP contribution in [0.3, 0.4) is 0 Å². The topological polar surface area (TPSA) is 107 Å². The van der Waals surface area contributed by atoms with Gasteiger partial charge >= 0.3 is 0 Å². The van der Waals surface area contributed by atoms with E-state index in [2.05, 4.69) is 4.98 Å². The van der Waals surface area contributed by atoms with Crippen molar-refractivity contribution < 1.29 is 14.1 Å². The van der Waals surface area contributed by atoms with E-state index in [9.17, 15) is 19.7 Å². The van der Waals surface area contributed by atoms with E-state index < -0.39 is 16.9 Å². The predicted octanol–water partition coefficient (Wildman–Crippen LogP) is 4.83. The molecule has 1 atom stereocenters. The fourth-order valence-electron chi connectivity index (χ4n) is 3.94. The number of aromatic nitrogens is 1. The number of benzene rings is 2. The van der Waals surface area contributed by atoms with Gasteiger partial charge in [-0.25, -0.2) is 4.98 Å². The third-order valence-corrected chi connectivity index (χ3v) is 6.74. The summed E-state index contributed by atoms with van der Waals surface area (Å²) in [5.41, 5.74) is 2.42. The molecule has 1 amide bonds. The molecule has 32 heavy (non-hydrogen) atoms. The number of hydrogen-bond acceptors (Lipinski definition) is 7. The molecule has 0 saturated carbocycles. The highest BCUT2D eigenvalue weighted by Gasteiger charge is 2.45. The summed E-state index contributed by atoms with van der Waals surface area (Å²) in [6.07, 6.45) is 0. The van der Waals surface area contributed by atoms with Gasteiger partial charge in [-0.05, 0) is 50.6 Å². The molecule has 0 fully saturated rings. The number of thiazole rings is 1. The quantitative estimate of drug-likeness (QED) is 0.329. The zero-order valence-corrected chi connectivity index (χ0v) is 18.2. The Morgan fingerprint density at radius 1 is 1.09 bits per heavy atom. The van der Waals surface area contributed by atoms with Crippen LogP contribution < -0.4 is 10.3 Å². The van der Waals surface area contributed by atoms with Crippen molar-refractivity contribution in [2.75, 3.05) is 4.90 Å². The Balaban J connectivity index is 1.79. The van der Waals surface area contributed by atoms with Gasteiger partial charge in [0, 0.05) is 17.0 Å². The van der Waals surface area contributed by atoms with Crippen LogP contribution in [-0.2, 0) is 0 Å². The third-order valence-electron chi connectivity index (χ3n) is 5.67. The molecule has 2 aromatic heterocycles. The maximum absolute atomic E-state index is 13.6. The van der Waals surface area contributed by atoms with Crippen LogP contribution in [0.5, 0.6) is 0 Å². The van der Waals surface area contributed by atoms with E-state index in [1.54, 1.807) is 24.3 Å². The maximum Gasteiger partial charge on any atom is 0.297 e. The predicted molar refractivity (Wildman–Crippen MR) is 121 cm³/mol. The minimum atomic E-state index is -0.801. The van der Waals surface area contributed by atoms with Crippen LogP contribution in [0.25, 0.3) is 11.0 Å². The van der Waals surface area contributed by atoms with Crippen molar-refractivity contribution in [2.24, 2.45) is 0 Å². The van der Waals surface area contributed by atoms with E-state index in [4.69, 9.17) is 4.42 Å². The van der Waals surface area contributed by atoms with Crippen molar-refractivity contribution in [3.63, 3.8) is 0 Å². The van der Waals surface area contributed by atoms with Gasteiger partial charge in [0.2, 0.25) is 5.76 Å². The highest BCUT2D eigenvalue weighted by Crippen LogP contribution is 2.43. The van der Waals surface area contributed by atoms with Gasteiger partial charge in [0.1, 0.15) is 5.58 Å². The van der Waals surface area contributed by atoms with Gasteiger partial charge in [-0.15, -0.1) is 11.3 Å². The van der Waals surface area contributed by atoms with Crippen molar-refractivity contribution in [2.45, 2.75) is 26.8 Å². The van der Waals surface area contributed by atoms with Crippen LogP contribution >= 0.6 is 11.3 Å². The molecule has 2 aromatic carbocycles. The van der Waals surface area contributed by atoms with E-state index in [1.807, 2.05) is 26.8 Å². The average molecular weight is 447 g/mol. The molecular formula is C23H17N3O5S. The Morgan fingerprint density at radius 2 is 1.81 bits per heavy atom. The Bertz CT molecular complexity index is 1470. The van der Waals surface area contributed by atoms with Crippen molar-refractivity contribution in [3.05, 3.63) is 95.8 Å². The smallest absolute Gasteiger partial charge is 0.297 e. The van der Waals surface area contributed by atoms with E-state index in [0.717, 1.165) is 16.1 Å². The second kappa shape index (κ2) is 7.10. The molecule has 5 rings (SSSR count). The molecular weight excluding hydrogens is 430 g/mol. The highest BCUT2D eigenvalue weighted by molar-refractivity contribution is 7.15. The Hall–Kier alpha value is -3.85. The lowest BCUT2D eigenvalue weighted by molar-refractivity contribution is -0.384. The first-order valence-corrected chi connectivity index (χ1v) is 10.7. The van der Waals surface area contributed by atoms with Crippen LogP contribution in [0, 0.1) is 30.9 Å². The number of hydrogen-bond donors (Lipinski definition) is 0. The van der Waals surface area contributed by atoms with Gasteiger partial charge in [-0.1, -0.05) is 11.6 Å². The van der Waals surface area contributed by atoms with E-state index in [0.29, 0.717) is 21.7 Å². The number of aryl methyl sites for hydroxylation is 3. The van der Waals surface area contributed by atoms with Crippen molar-refractivity contribution in [1.82, 2.24) is 4.98 Å². The molecule has 3 heterocycles. The first-order valence-electron chi connectivity index (χ1n) is 9.85. The minimum absolute atomic E-state index is 0.0276. The summed E-state index contributed by atoms with van der Waals surface area (Å²) < 4.78 is 5.93. The number of nitro groups is 1. The molecule has 0 bridgehead atoms. The zero-order chi connectivity index (χ0) is 22.7. The SMILES string of the molecule is Cc1ccc2oc3c(c(=O)c2c1)C(c1ccc([N+](=O)[O-])cc1)N(c1nc(C)c(C)s1)C3=O. The van der Waals surface area contributed by atoms with Gasteiger partial charge in [0.25, 0.3) is 11.6 Å². The van der Waals surface area contributed by atoms with E-state index in [-0.39, 0.29) is 22.4 Å². The molecule has 0 spiro atoms. The van der Waals surface area contributed by atoms with Gasteiger partial charge in [0.15, 0.2) is 10.6 Å². The molecule has 1 unspecified atom stereocenters. The number of amides is 1. The molecule has 1 aliphatic rings. The lowest BCUT2D eigenvalue weighted by Gasteiger charge is -2.22. The Morgan fingerprint density at radius 3 is 2.44 bits per heavy atom. The molecule has 0 radical (unpaired) electrons. The lowest BCUT2D eigenvalue weighted by Crippen LogP contribution is -2.29. The normalized spacial score (nSPS) is 15.4. The van der Waals surface area contributed by atoms with Crippen molar-refractivity contribution in [1.29, 1.82) is 0 Å². The molecule has 0 saturated heterocycles. The van der Waals surface area contributed by atoms with Crippen LogP contribution in [0.2, 0.25) is 0 Å². The number of anilines is 1. The van der Waals surface area contributed by atoms with Gasteiger partial charge in [-0.3, -0.25) is 24.6 Å².